The zero-order valence-electron chi connectivity index (χ0n) is 6.15. The molecule has 1 rings (SSSR count). The van der Waals surface area contributed by atoms with Crippen molar-refractivity contribution in [2.75, 3.05) is 27.2 Å². The first kappa shape index (κ1) is 6.62. The second kappa shape index (κ2) is 2.87. The van der Waals surface area contributed by atoms with E-state index in [9.17, 15) is 0 Å². The van der Waals surface area contributed by atoms with Crippen molar-refractivity contribution >= 4 is 0 Å². The average molecular weight is 126 g/mol. The van der Waals surface area contributed by atoms with Crippen molar-refractivity contribution < 1.29 is 0 Å². The molecule has 0 unspecified atom stereocenters. The van der Waals surface area contributed by atoms with Gasteiger partial charge in [-0.15, -0.1) is 0 Å². The monoisotopic (exact) mass is 126 g/mol. The lowest BCUT2D eigenvalue weighted by atomic mass is 10.2. The lowest BCUT2D eigenvalue weighted by Gasteiger charge is -2.20. The van der Waals surface area contributed by atoms with Gasteiger partial charge in [0, 0.05) is 32.9 Å². The lowest BCUT2D eigenvalue weighted by molar-refractivity contribution is 0.465. The smallest absolute Gasteiger partial charge is 0.0154 e. The minimum atomic E-state index is 1.04. The molecule has 1 aliphatic rings. The van der Waals surface area contributed by atoms with Crippen LogP contribution in [0.15, 0.2) is 11.8 Å². The van der Waals surface area contributed by atoms with Crippen molar-refractivity contribution in [2.45, 2.75) is 6.42 Å². The molecule has 2 heteroatoms. The van der Waals surface area contributed by atoms with Crippen LogP contribution in [-0.4, -0.2) is 32.1 Å². The van der Waals surface area contributed by atoms with Gasteiger partial charge in [0.25, 0.3) is 0 Å². The van der Waals surface area contributed by atoms with E-state index >= 15 is 0 Å². The third-order valence-electron chi connectivity index (χ3n) is 1.61. The summed E-state index contributed by atoms with van der Waals surface area (Å²) in [5.41, 5.74) is 1.45. The predicted octanol–water partition coefficient (Wildman–Crippen LogP) is 0.425. The Hall–Kier alpha value is -0.500. The number of hydrogen-bond donors (Lipinski definition) is 1. The van der Waals surface area contributed by atoms with Crippen LogP contribution in [0.25, 0.3) is 0 Å². The van der Waals surface area contributed by atoms with Crippen molar-refractivity contribution in [1.82, 2.24) is 10.2 Å². The summed E-state index contributed by atoms with van der Waals surface area (Å²) in [4.78, 5) is 2.18. The summed E-state index contributed by atoms with van der Waals surface area (Å²) in [7, 11) is 4.19. The van der Waals surface area contributed by atoms with Crippen molar-refractivity contribution in [3.8, 4) is 0 Å². The van der Waals surface area contributed by atoms with Crippen LogP contribution < -0.4 is 5.32 Å². The highest BCUT2D eigenvalue weighted by Crippen LogP contribution is 2.05. The van der Waals surface area contributed by atoms with Gasteiger partial charge in [0.15, 0.2) is 0 Å². The zero-order chi connectivity index (χ0) is 6.69. The third kappa shape index (κ3) is 1.72. The molecule has 0 fully saturated rings. The summed E-state index contributed by atoms with van der Waals surface area (Å²) in [5, 5.41) is 3.27. The minimum absolute atomic E-state index is 1.04. The quantitative estimate of drug-likeness (QED) is 0.548. The largest absolute Gasteiger partial charge is 0.381 e. The molecule has 52 valence electrons. The molecular formula is C7H14N2. The Balaban J connectivity index is 2.46. The Morgan fingerprint density at radius 3 is 2.67 bits per heavy atom. The van der Waals surface area contributed by atoms with Crippen LogP contribution in [0.1, 0.15) is 6.42 Å². The van der Waals surface area contributed by atoms with Gasteiger partial charge in [0.05, 0.1) is 0 Å². The fourth-order valence-electron chi connectivity index (χ4n) is 1.02. The molecule has 0 saturated heterocycles. The first-order valence-corrected chi connectivity index (χ1v) is 3.38. The van der Waals surface area contributed by atoms with E-state index < -0.39 is 0 Å². The molecule has 1 heterocycles. The highest BCUT2D eigenvalue weighted by atomic mass is 15.1. The Kier molecular flexibility index (Phi) is 2.11. The topological polar surface area (TPSA) is 15.3 Å². The van der Waals surface area contributed by atoms with Crippen molar-refractivity contribution in [2.24, 2.45) is 0 Å². The molecule has 9 heavy (non-hydrogen) atoms. The van der Waals surface area contributed by atoms with Crippen LogP contribution in [0.3, 0.4) is 0 Å². The molecule has 0 bridgehead atoms. The van der Waals surface area contributed by atoms with Crippen LogP contribution in [0.2, 0.25) is 0 Å². The van der Waals surface area contributed by atoms with E-state index in [1.807, 2.05) is 0 Å². The molecule has 0 spiro atoms. The van der Waals surface area contributed by atoms with Gasteiger partial charge >= 0.3 is 0 Å². The summed E-state index contributed by atoms with van der Waals surface area (Å²) in [5.74, 6) is 0. The Labute approximate surface area is 56.5 Å². The molecule has 1 aliphatic heterocycles. The second-order valence-electron chi connectivity index (χ2n) is 2.54. The van der Waals surface area contributed by atoms with Crippen molar-refractivity contribution in [1.29, 1.82) is 0 Å². The van der Waals surface area contributed by atoms with Gasteiger partial charge in [0.2, 0.25) is 0 Å². The minimum Gasteiger partial charge on any atom is -0.381 e. The molecule has 0 aromatic rings. The predicted molar refractivity (Wildman–Crippen MR) is 39.3 cm³/mol. The van der Waals surface area contributed by atoms with Crippen LogP contribution in [0.4, 0.5) is 0 Å². The van der Waals surface area contributed by atoms with Crippen LogP contribution >= 0.6 is 0 Å². The maximum absolute atomic E-state index is 3.27. The summed E-state index contributed by atoms with van der Waals surface area (Å²) in [6, 6.07) is 0. The first-order valence-electron chi connectivity index (χ1n) is 3.38. The summed E-state index contributed by atoms with van der Waals surface area (Å²) in [6.45, 7) is 2.16. The fraction of sp³-hybridized carbons (Fsp3) is 0.714. The van der Waals surface area contributed by atoms with Crippen molar-refractivity contribution in [3.63, 3.8) is 0 Å². The average Bonchev–Trinajstić information content (AvgIpc) is 1.90. The SMILES string of the molecule is CN(C)C1=CCNCC1. The van der Waals surface area contributed by atoms with Crippen LogP contribution in [0.5, 0.6) is 0 Å². The van der Waals surface area contributed by atoms with Gasteiger partial charge in [0.1, 0.15) is 0 Å². The first-order chi connectivity index (χ1) is 4.30. The number of hydrogen-bond acceptors (Lipinski definition) is 2. The molecular weight excluding hydrogens is 112 g/mol. The third-order valence-corrected chi connectivity index (χ3v) is 1.61. The molecule has 0 aromatic carbocycles. The van der Waals surface area contributed by atoms with Gasteiger partial charge < -0.3 is 10.2 Å². The normalized spacial score (nSPS) is 19.1. The highest BCUT2D eigenvalue weighted by Gasteiger charge is 2.02. The molecule has 1 N–H and O–H groups in total. The highest BCUT2D eigenvalue weighted by molar-refractivity contribution is 5.04. The van der Waals surface area contributed by atoms with Gasteiger partial charge in [-0.05, 0) is 6.42 Å². The van der Waals surface area contributed by atoms with E-state index in [1.54, 1.807) is 0 Å². The van der Waals surface area contributed by atoms with Crippen LogP contribution in [-0.2, 0) is 0 Å². The Morgan fingerprint density at radius 2 is 2.33 bits per heavy atom. The molecule has 0 radical (unpaired) electrons. The van der Waals surface area contributed by atoms with Gasteiger partial charge in [-0.2, -0.15) is 0 Å². The maximum atomic E-state index is 3.27. The number of nitrogens with zero attached hydrogens (tertiary/aromatic N) is 1. The van der Waals surface area contributed by atoms with Gasteiger partial charge in [-0.25, -0.2) is 0 Å². The zero-order valence-corrected chi connectivity index (χ0v) is 6.15. The molecule has 0 amide bonds. The molecule has 0 aliphatic carbocycles. The van der Waals surface area contributed by atoms with E-state index in [4.69, 9.17) is 0 Å². The summed E-state index contributed by atoms with van der Waals surface area (Å²) in [6.07, 6.45) is 3.41. The Morgan fingerprint density at radius 1 is 1.56 bits per heavy atom. The number of nitrogens with one attached hydrogen (secondary N) is 1. The number of rotatable bonds is 1. The fourth-order valence-corrected chi connectivity index (χ4v) is 1.02. The standard InChI is InChI=1S/C7H14N2/c1-9(2)7-3-5-8-6-4-7/h3,8H,4-6H2,1-2H3. The molecule has 0 atom stereocenters. The van der Waals surface area contributed by atoms with Crippen LogP contribution in [0, 0.1) is 0 Å². The maximum Gasteiger partial charge on any atom is 0.0154 e. The van der Waals surface area contributed by atoms with Gasteiger partial charge in [-0.1, -0.05) is 6.08 Å². The second-order valence-corrected chi connectivity index (χ2v) is 2.54. The van der Waals surface area contributed by atoms with E-state index in [2.05, 4.69) is 30.4 Å². The van der Waals surface area contributed by atoms with Crippen molar-refractivity contribution in [3.05, 3.63) is 11.8 Å². The molecule has 0 saturated carbocycles. The molecule has 0 aromatic heterocycles. The van der Waals surface area contributed by atoms with Gasteiger partial charge in [-0.3, -0.25) is 0 Å². The van der Waals surface area contributed by atoms with E-state index in [-0.39, 0.29) is 0 Å². The Bertz CT molecular complexity index is 116. The van der Waals surface area contributed by atoms with E-state index in [1.165, 1.54) is 12.1 Å². The summed E-state index contributed by atoms with van der Waals surface area (Å²) < 4.78 is 0. The van der Waals surface area contributed by atoms with E-state index in [0.29, 0.717) is 0 Å². The van der Waals surface area contributed by atoms with E-state index in [0.717, 1.165) is 13.1 Å². The molecule has 2 nitrogen and oxygen atoms in total. The lowest BCUT2D eigenvalue weighted by Crippen LogP contribution is -2.25. The summed E-state index contributed by atoms with van der Waals surface area (Å²) >= 11 is 0.